The highest BCUT2D eigenvalue weighted by molar-refractivity contribution is 7.10. The molecule has 7 heterocycles. The van der Waals surface area contributed by atoms with Crippen molar-refractivity contribution in [2.45, 2.75) is 95.4 Å². The molecule has 5 radical (unpaired) electrons. The number of benzene rings is 1. The summed E-state index contributed by atoms with van der Waals surface area (Å²) in [4.78, 5) is 38.6. The maximum absolute atomic E-state index is 14.8. The first-order valence-corrected chi connectivity index (χ1v) is 22.2. The van der Waals surface area contributed by atoms with Gasteiger partial charge >= 0.3 is 5.97 Å². The van der Waals surface area contributed by atoms with Crippen LogP contribution in [0.5, 0.6) is 0 Å². The number of pyridine rings is 1. The zero-order valence-electron chi connectivity index (χ0n) is 33.0. The van der Waals surface area contributed by atoms with Gasteiger partial charge in [-0.2, -0.15) is 0 Å². The number of fused-ring (bicyclic) bond motifs is 6. The minimum atomic E-state index is -1.38. The van der Waals surface area contributed by atoms with Crippen LogP contribution in [0, 0.1) is 10.8 Å². The number of esters is 1. The monoisotopic (exact) mass is 825 g/mol. The molecule has 0 aliphatic carbocycles. The van der Waals surface area contributed by atoms with E-state index in [1.54, 1.807) is 24.4 Å². The van der Waals surface area contributed by atoms with Crippen LogP contribution in [0.1, 0.15) is 62.9 Å². The van der Waals surface area contributed by atoms with Crippen molar-refractivity contribution in [1.29, 1.82) is 0 Å². The summed E-state index contributed by atoms with van der Waals surface area (Å²) < 4.78 is 25.5. The van der Waals surface area contributed by atoms with E-state index < -0.39 is 34.2 Å². The number of aromatic nitrogens is 3. The van der Waals surface area contributed by atoms with Crippen molar-refractivity contribution < 1.29 is 33.6 Å². The van der Waals surface area contributed by atoms with Gasteiger partial charge in [-0.25, -0.2) is 10.4 Å². The molecular weight excluding hydrogens is 777 g/mol. The standard InChI is InChI=1S/C41H49N6O7SSi2/c1-6-46-31-12-11-25-17-27(31)28(34(46)26-9-7-14-42-33(26)24(2)51-5)18-39(3,4)21-53-35(48)29-10-8-15-47(45-29)37(49)40(19-32-43-30(25)20-55-32)23-57-36(40)44-38(50)54-41(56)13-16-52-22-41/h7,9,11-14,16-17,20,24,29,36,38,44-45,50H,6,8,10,15,18-19,21-23H2,1-5H3/t24-,29-,36?,38?,40?,41-/m0/s1. The summed E-state index contributed by atoms with van der Waals surface area (Å²) in [5.41, 5.74) is 8.42. The molecule has 4 aliphatic rings. The summed E-state index contributed by atoms with van der Waals surface area (Å²) in [5, 5.41) is 18.8. The van der Waals surface area contributed by atoms with E-state index in [1.165, 1.54) is 17.6 Å². The largest absolute Gasteiger partial charge is 0.498 e. The van der Waals surface area contributed by atoms with Crippen molar-refractivity contribution in [3.63, 3.8) is 0 Å². The minimum Gasteiger partial charge on any atom is -0.498 e. The molecule has 1 amide bonds. The average Bonchev–Trinajstić information content (AvgIpc) is 3.93. The molecule has 3 aromatic heterocycles. The first-order chi connectivity index (χ1) is 27.3. The highest BCUT2D eigenvalue weighted by Crippen LogP contribution is 2.45. The SMILES string of the molecule is CCn1c(-c2cccnc2[C@H](C)OC)c2c3cc(ccc31)-c1csc(n1)CC1(C[Si]C1NC(O)O[C@]1([Si])C=COC1)C(=O)N1CCC[C@H](N1)C(=O)OCC(C)(C)C2. The lowest BCUT2D eigenvalue weighted by Crippen LogP contribution is -2.70. The number of ether oxygens (including phenoxy) is 4. The van der Waals surface area contributed by atoms with E-state index in [-0.39, 0.29) is 31.2 Å². The summed E-state index contributed by atoms with van der Waals surface area (Å²) in [6.07, 6.45) is 5.55. The number of aliphatic hydroxyl groups excluding tert-OH is 1. The molecule has 3 unspecified atom stereocenters. The summed E-state index contributed by atoms with van der Waals surface area (Å²) >= 11 is 1.53. The third-order valence-corrected chi connectivity index (χ3v) is 14.8. The van der Waals surface area contributed by atoms with E-state index in [0.29, 0.717) is 47.8 Å². The molecule has 1 aromatic carbocycles. The van der Waals surface area contributed by atoms with E-state index in [9.17, 15) is 14.7 Å². The van der Waals surface area contributed by atoms with Crippen molar-refractivity contribution in [2.75, 3.05) is 26.9 Å². The van der Waals surface area contributed by atoms with Crippen LogP contribution in [0.4, 0.5) is 0 Å². The Morgan fingerprint density at radius 1 is 1.23 bits per heavy atom. The van der Waals surface area contributed by atoms with Crippen LogP contribution in [0.25, 0.3) is 33.4 Å². The van der Waals surface area contributed by atoms with Crippen molar-refractivity contribution in [1.82, 2.24) is 30.3 Å². The van der Waals surface area contributed by atoms with Gasteiger partial charge in [0.05, 0.1) is 66.2 Å². The molecule has 6 atom stereocenters. The Kier molecular flexibility index (Phi) is 11.1. The average molecular weight is 826 g/mol. The molecule has 1 spiro atoms. The molecule has 4 aromatic rings. The molecule has 2 fully saturated rings. The number of hydrazine groups is 1. The smallest absolute Gasteiger partial charge is 0.324 e. The Bertz CT molecular complexity index is 2190. The van der Waals surface area contributed by atoms with Crippen LogP contribution < -0.4 is 10.7 Å². The zero-order valence-corrected chi connectivity index (χ0v) is 35.8. The van der Waals surface area contributed by atoms with Crippen molar-refractivity contribution >= 4 is 53.9 Å². The Balaban J connectivity index is 1.22. The number of aryl methyl sites for hydroxylation is 1. The Morgan fingerprint density at radius 2 is 2.07 bits per heavy atom. The molecule has 299 valence electrons. The number of aliphatic hydroxyl groups is 1. The summed E-state index contributed by atoms with van der Waals surface area (Å²) in [5.74, 6) is -0.526. The van der Waals surface area contributed by atoms with Gasteiger partial charge in [-0.3, -0.25) is 24.9 Å². The molecule has 0 saturated carbocycles. The van der Waals surface area contributed by atoms with E-state index >= 15 is 0 Å². The highest BCUT2D eigenvalue weighted by atomic mass is 32.1. The molecule has 57 heavy (non-hydrogen) atoms. The van der Waals surface area contributed by atoms with Gasteiger partial charge in [0.1, 0.15) is 17.9 Å². The quantitative estimate of drug-likeness (QED) is 0.132. The first kappa shape index (κ1) is 40.1. The van der Waals surface area contributed by atoms with Gasteiger partial charge in [0.2, 0.25) is 12.3 Å². The van der Waals surface area contributed by atoms with Gasteiger partial charge in [-0.15, -0.1) is 11.3 Å². The van der Waals surface area contributed by atoms with Crippen molar-refractivity contribution in [3.8, 4) is 22.5 Å². The number of thiazole rings is 1. The lowest BCUT2D eigenvalue weighted by molar-refractivity contribution is -0.172. The molecule has 16 heteroatoms. The number of cyclic esters (lactones) is 1. The number of rotatable bonds is 8. The minimum absolute atomic E-state index is 0.143. The first-order valence-electron chi connectivity index (χ1n) is 19.6. The number of nitrogens with one attached hydrogen (secondary N) is 2. The van der Waals surface area contributed by atoms with E-state index in [4.69, 9.17) is 28.9 Å². The van der Waals surface area contributed by atoms with E-state index in [0.717, 1.165) is 56.2 Å². The Morgan fingerprint density at radius 3 is 2.81 bits per heavy atom. The summed E-state index contributed by atoms with van der Waals surface area (Å²) in [7, 11) is 5.59. The van der Waals surface area contributed by atoms with Gasteiger partial charge in [0.25, 0.3) is 0 Å². The molecule has 2 saturated heterocycles. The third kappa shape index (κ3) is 7.66. The van der Waals surface area contributed by atoms with Gasteiger partial charge < -0.3 is 28.6 Å². The molecule has 13 nitrogen and oxygen atoms in total. The molecule has 3 N–H and O–H groups in total. The van der Waals surface area contributed by atoms with Crippen molar-refractivity contribution in [3.05, 3.63) is 70.5 Å². The maximum atomic E-state index is 14.8. The van der Waals surface area contributed by atoms with Gasteiger partial charge in [0, 0.05) is 71.3 Å². The molecule has 6 bridgehead atoms. The highest BCUT2D eigenvalue weighted by Gasteiger charge is 2.56. The predicted molar refractivity (Wildman–Crippen MR) is 218 cm³/mol. The van der Waals surface area contributed by atoms with Crippen LogP contribution in [-0.4, -0.2) is 107 Å². The Hall–Kier alpha value is -3.75. The number of hydrogen-bond acceptors (Lipinski definition) is 12. The van der Waals surface area contributed by atoms with Gasteiger partial charge in [-0.05, 0) is 75.1 Å². The fourth-order valence-corrected chi connectivity index (χ4v) is 11.3. The third-order valence-electron chi connectivity index (χ3n) is 11.6. The number of methoxy groups -OCH3 is 1. The fourth-order valence-electron chi connectivity index (χ4n) is 8.45. The molecule has 8 rings (SSSR count). The second-order valence-electron chi connectivity index (χ2n) is 16.3. The zero-order chi connectivity index (χ0) is 40.1. The Labute approximate surface area is 342 Å². The number of amides is 1. The van der Waals surface area contributed by atoms with Crippen LogP contribution in [0.15, 0.2) is 54.2 Å². The van der Waals surface area contributed by atoms with Crippen LogP contribution in [0.2, 0.25) is 6.04 Å². The van der Waals surface area contributed by atoms with Crippen LogP contribution in [-0.2, 0) is 47.9 Å². The topological polar surface area (TPSA) is 149 Å². The van der Waals surface area contributed by atoms with Gasteiger partial charge in [0.15, 0.2) is 0 Å². The number of hydrogen-bond donors (Lipinski definition) is 3. The van der Waals surface area contributed by atoms with Crippen LogP contribution >= 0.6 is 11.3 Å². The summed E-state index contributed by atoms with van der Waals surface area (Å²) in [6, 6.07) is 10.5. The lowest BCUT2D eigenvalue weighted by Gasteiger charge is -2.51. The normalized spacial score (nSPS) is 27.2. The predicted octanol–water partition coefficient (Wildman–Crippen LogP) is 4.46. The van der Waals surface area contributed by atoms with Crippen molar-refractivity contribution in [2.24, 2.45) is 10.8 Å². The fraction of sp³-hybridized carbons (Fsp3) is 0.512. The van der Waals surface area contributed by atoms with E-state index in [2.05, 4.69) is 76.0 Å². The second-order valence-corrected chi connectivity index (χ2v) is 19.4. The number of nitrogens with zero attached hydrogens (tertiary/aromatic N) is 4. The van der Waals surface area contributed by atoms with Gasteiger partial charge in [-0.1, -0.05) is 19.9 Å². The molecule has 4 aliphatic heterocycles. The van der Waals surface area contributed by atoms with Crippen LogP contribution in [0.3, 0.4) is 0 Å². The lowest BCUT2D eigenvalue weighted by atomic mass is 9.82. The second kappa shape index (κ2) is 15.8. The van der Waals surface area contributed by atoms with E-state index in [1.807, 2.05) is 13.0 Å². The maximum Gasteiger partial charge on any atom is 0.324 e. The number of carbonyl (C=O) groups is 2. The summed E-state index contributed by atoms with van der Waals surface area (Å²) in [6.45, 7) is 9.97. The molecular formula is C41H49N6O7SSi2. The number of carbonyl (C=O) groups excluding carboxylic acids is 2.